The number of nitrogens with zero attached hydrogens (tertiary/aromatic N) is 1. The van der Waals surface area contributed by atoms with Crippen LogP contribution in [0.4, 0.5) is 0 Å². The summed E-state index contributed by atoms with van der Waals surface area (Å²) in [4.78, 5) is 15.5. The molecular formula is C16H15N3O4S2. The zero-order valence-corrected chi connectivity index (χ0v) is 14.9. The Labute approximate surface area is 148 Å². The van der Waals surface area contributed by atoms with Crippen molar-refractivity contribution in [2.24, 2.45) is 5.14 Å². The van der Waals surface area contributed by atoms with Crippen molar-refractivity contribution in [1.82, 2.24) is 10.3 Å². The van der Waals surface area contributed by atoms with Gasteiger partial charge in [-0.1, -0.05) is 12.1 Å². The Kier molecular flexibility index (Phi) is 4.71. The molecule has 0 aliphatic carbocycles. The number of furan rings is 1. The van der Waals surface area contributed by atoms with E-state index in [1.165, 1.54) is 30.4 Å². The fraction of sp³-hybridized carbons (Fsp3) is 0.125. The quantitative estimate of drug-likeness (QED) is 0.708. The van der Waals surface area contributed by atoms with Gasteiger partial charge in [0.1, 0.15) is 16.5 Å². The summed E-state index contributed by atoms with van der Waals surface area (Å²) in [6.07, 6.45) is 0. The maximum Gasteiger partial charge on any atom is 0.238 e. The van der Waals surface area contributed by atoms with E-state index in [0.717, 1.165) is 10.6 Å². The van der Waals surface area contributed by atoms with E-state index in [0.29, 0.717) is 23.8 Å². The first kappa shape index (κ1) is 17.3. The normalized spacial score (nSPS) is 11.4. The molecule has 0 aliphatic heterocycles. The zero-order chi connectivity index (χ0) is 18.0. The number of benzene rings is 1. The number of nitrogens with one attached hydrogen (secondary N) is 1. The smallest absolute Gasteiger partial charge is 0.238 e. The molecule has 3 N–H and O–H groups in total. The SMILES string of the molecule is CC(=O)NCc1ccc(-c2csc(-c3ccc(S(N)(=O)=O)cc3)n2)o1. The molecule has 130 valence electrons. The molecule has 0 radical (unpaired) electrons. The van der Waals surface area contributed by atoms with Crippen LogP contribution in [0.3, 0.4) is 0 Å². The van der Waals surface area contributed by atoms with Crippen molar-refractivity contribution in [3.8, 4) is 22.0 Å². The number of primary sulfonamides is 1. The van der Waals surface area contributed by atoms with Gasteiger partial charge in [0.25, 0.3) is 0 Å². The molecular weight excluding hydrogens is 362 g/mol. The van der Waals surface area contributed by atoms with Gasteiger partial charge in [0.2, 0.25) is 15.9 Å². The highest BCUT2D eigenvalue weighted by atomic mass is 32.2. The van der Waals surface area contributed by atoms with Crippen LogP contribution in [0.2, 0.25) is 0 Å². The molecule has 7 nitrogen and oxygen atoms in total. The predicted octanol–water partition coefficient (Wildman–Crippen LogP) is 2.35. The lowest BCUT2D eigenvalue weighted by Gasteiger charge is -1.99. The second-order valence-corrected chi connectivity index (χ2v) is 7.70. The minimum absolute atomic E-state index is 0.0571. The Bertz CT molecular complexity index is 1000. The standard InChI is InChI=1S/C16H15N3O4S2/c1-10(20)18-8-12-4-7-15(23-12)14-9-24-16(19-14)11-2-5-13(6-3-11)25(17,21)22/h2-7,9H,8H2,1H3,(H,18,20)(H2,17,21,22). The van der Waals surface area contributed by atoms with Gasteiger partial charge in [-0.05, 0) is 24.3 Å². The predicted molar refractivity (Wildman–Crippen MR) is 94.1 cm³/mol. The Balaban J connectivity index is 1.79. The summed E-state index contributed by atoms with van der Waals surface area (Å²) in [5.41, 5.74) is 1.46. The van der Waals surface area contributed by atoms with Crippen LogP contribution in [0.1, 0.15) is 12.7 Å². The van der Waals surface area contributed by atoms with Gasteiger partial charge < -0.3 is 9.73 Å². The van der Waals surface area contributed by atoms with Crippen LogP contribution in [0.25, 0.3) is 22.0 Å². The Morgan fingerprint density at radius 3 is 2.60 bits per heavy atom. The van der Waals surface area contributed by atoms with Crippen LogP contribution >= 0.6 is 11.3 Å². The lowest BCUT2D eigenvalue weighted by atomic mass is 10.2. The number of carbonyl (C=O) groups excluding carboxylic acids is 1. The van der Waals surface area contributed by atoms with Gasteiger partial charge in [0.05, 0.1) is 11.4 Å². The zero-order valence-electron chi connectivity index (χ0n) is 13.2. The van der Waals surface area contributed by atoms with Crippen LogP contribution in [0.5, 0.6) is 0 Å². The number of hydrogen-bond donors (Lipinski definition) is 2. The van der Waals surface area contributed by atoms with Crippen LogP contribution in [0, 0.1) is 0 Å². The highest BCUT2D eigenvalue weighted by molar-refractivity contribution is 7.89. The van der Waals surface area contributed by atoms with Gasteiger partial charge in [-0.2, -0.15) is 0 Å². The Hall–Kier alpha value is -2.49. The molecule has 0 saturated carbocycles. The molecule has 2 aromatic heterocycles. The molecule has 0 saturated heterocycles. The summed E-state index contributed by atoms with van der Waals surface area (Å²) in [6, 6.07) is 9.79. The van der Waals surface area contributed by atoms with E-state index in [-0.39, 0.29) is 10.8 Å². The second kappa shape index (κ2) is 6.79. The Morgan fingerprint density at radius 1 is 1.24 bits per heavy atom. The number of carbonyl (C=O) groups is 1. The second-order valence-electron chi connectivity index (χ2n) is 5.28. The van der Waals surface area contributed by atoms with Gasteiger partial charge in [-0.3, -0.25) is 4.79 Å². The molecule has 0 aliphatic rings. The largest absolute Gasteiger partial charge is 0.458 e. The molecule has 0 spiro atoms. The molecule has 3 rings (SSSR count). The van der Waals surface area contributed by atoms with Crippen LogP contribution < -0.4 is 10.5 Å². The molecule has 9 heteroatoms. The van der Waals surface area contributed by atoms with E-state index >= 15 is 0 Å². The first-order chi connectivity index (χ1) is 11.8. The van der Waals surface area contributed by atoms with E-state index in [9.17, 15) is 13.2 Å². The number of rotatable bonds is 5. The average Bonchev–Trinajstić information content (AvgIpc) is 3.21. The fourth-order valence-corrected chi connectivity index (χ4v) is 3.46. The first-order valence-electron chi connectivity index (χ1n) is 7.25. The molecule has 1 amide bonds. The van der Waals surface area contributed by atoms with Crippen molar-refractivity contribution in [1.29, 1.82) is 0 Å². The molecule has 25 heavy (non-hydrogen) atoms. The molecule has 3 aromatic rings. The van der Waals surface area contributed by atoms with E-state index in [4.69, 9.17) is 9.56 Å². The summed E-state index contributed by atoms with van der Waals surface area (Å²) in [7, 11) is -3.71. The highest BCUT2D eigenvalue weighted by Crippen LogP contribution is 2.30. The summed E-state index contributed by atoms with van der Waals surface area (Å²) < 4.78 is 28.3. The monoisotopic (exact) mass is 377 g/mol. The molecule has 0 unspecified atom stereocenters. The van der Waals surface area contributed by atoms with Crippen LogP contribution in [-0.4, -0.2) is 19.3 Å². The number of amides is 1. The number of nitrogens with two attached hydrogens (primary N) is 1. The summed E-state index contributed by atoms with van der Waals surface area (Å²) in [5, 5.41) is 10.3. The van der Waals surface area contributed by atoms with E-state index in [1.807, 2.05) is 5.38 Å². The van der Waals surface area contributed by atoms with Crippen molar-refractivity contribution in [2.45, 2.75) is 18.4 Å². The molecule has 1 aromatic carbocycles. The van der Waals surface area contributed by atoms with Crippen molar-refractivity contribution in [3.05, 3.63) is 47.5 Å². The van der Waals surface area contributed by atoms with Gasteiger partial charge in [0.15, 0.2) is 5.76 Å². The summed E-state index contributed by atoms with van der Waals surface area (Å²) in [6.45, 7) is 1.76. The minimum Gasteiger partial charge on any atom is -0.458 e. The molecule has 0 fully saturated rings. The molecule has 0 atom stereocenters. The fourth-order valence-electron chi connectivity index (χ4n) is 2.13. The van der Waals surface area contributed by atoms with Gasteiger partial charge in [-0.15, -0.1) is 11.3 Å². The summed E-state index contributed by atoms with van der Waals surface area (Å²) in [5.74, 6) is 1.11. The lowest BCUT2D eigenvalue weighted by molar-refractivity contribution is -0.119. The van der Waals surface area contributed by atoms with Crippen LogP contribution in [-0.2, 0) is 21.4 Å². The van der Waals surface area contributed by atoms with E-state index in [2.05, 4.69) is 10.3 Å². The third-order valence-electron chi connectivity index (χ3n) is 3.36. The van der Waals surface area contributed by atoms with Gasteiger partial charge in [0, 0.05) is 17.9 Å². The minimum atomic E-state index is -3.71. The van der Waals surface area contributed by atoms with Crippen molar-refractivity contribution < 1.29 is 17.6 Å². The topological polar surface area (TPSA) is 115 Å². The van der Waals surface area contributed by atoms with E-state index < -0.39 is 10.0 Å². The number of hydrogen-bond acceptors (Lipinski definition) is 6. The molecule has 2 heterocycles. The Morgan fingerprint density at radius 2 is 1.96 bits per heavy atom. The van der Waals surface area contributed by atoms with Gasteiger partial charge >= 0.3 is 0 Å². The lowest BCUT2D eigenvalue weighted by Crippen LogP contribution is -2.18. The number of thiazole rings is 1. The first-order valence-corrected chi connectivity index (χ1v) is 9.68. The third-order valence-corrected chi connectivity index (χ3v) is 5.18. The number of aromatic nitrogens is 1. The number of sulfonamides is 1. The van der Waals surface area contributed by atoms with Crippen molar-refractivity contribution in [3.63, 3.8) is 0 Å². The van der Waals surface area contributed by atoms with Gasteiger partial charge in [-0.25, -0.2) is 18.5 Å². The molecule has 0 bridgehead atoms. The maximum atomic E-state index is 11.3. The van der Waals surface area contributed by atoms with Crippen molar-refractivity contribution in [2.75, 3.05) is 0 Å². The van der Waals surface area contributed by atoms with Crippen LogP contribution in [0.15, 0.2) is 51.1 Å². The van der Waals surface area contributed by atoms with Crippen molar-refractivity contribution >= 4 is 27.3 Å². The van der Waals surface area contributed by atoms with E-state index in [1.54, 1.807) is 24.3 Å². The average molecular weight is 377 g/mol. The summed E-state index contributed by atoms with van der Waals surface area (Å²) >= 11 is 1.42. The highest BCUT2D eigenvalue weighted by Gasteiger charge is 2.12. The maximum absolute atomic E-state index is 11.3. The third kappa shape index (κ3) is 4.13.